The Morgan fingerprint density at radius 1 is 1.20 bits per heavy atom. The molecule has 0 spiro atoms. The summed E-state index contributed by atoms with van der Waals surface area (Å²) in [4.78, 5) is 11.1. The van der Waals surface area contributed by atoms with Gasteiger partial charge in [-0.3, -0.25) is 10.1 Å². The number of terminal acetylenes is 1. The van der Waals surface area contributed by atoms with Crippen LogP contribution in [0.2, 0.25) is 0 Å². The largest absolute Gasteiger partial charge is 0.481 e. The molecular weight excluding hydrogens is 316 g/mol. The number of hydrogen-bond acceptors (Lipinski definition) is 3. The maximum absolute atomic E-state index is 11.4. The molecule has 0 aliphatic rings. The van der Waals surface area contributed by atoms with Crippen LogP contribution in [0.5, 0.6) is 5.75 Å². The first-order chi connectivity index (χ1) is 12.1. The first-order valence-corrected chi connectivity index (χ1v) is 7.92. The average molecular weight is 334 g/mol. The molecule has 0 aliphatic heterocycles. The van der Waals surface area contributed by atoms with Crippen LogP contribution >= 0.6 is 0 Å². The molecule has 1 aromatic heterocycles. The van der Waals surface area contributed by atoms with Gasteiger partial charge >= 0.3 is 0 Å². The maximum atomic E-state index is 11.4. The van der Waals surface area contributed by atoms with Gasteiger partial charge in [-0.25, -0.2) is 0 Å². The topological polar surface area (TPSA) is 57.3 Å². The van der Waals surface area contributed by atoms with Gasteiger partial charge in [0.15, 0.2) is 0 Å². The molecule has 5 nitrogen and oxygen atoms in total. The molecule has 0 aliphatic carbocycles. The number of nitrogens with zero attached hydrogens (tertiary/aromatic N) is 2. The molecule has 0 bridgehead atoms. The second kappa shape index (κ2) is 7.10. The lowest BCUT2D eigenvalue weighted by Crippen LogP contribution is -2.15. The van der Waals surface area contributed by atoms with E-state index in [1.807, 2.05) is 60.3 Å². The predicted molar refractivity (Wildman–Crippen MR) is 97.4 cm³/mol. The quantitative estimate of drug-likeness (QED) is 0.393. The normalized spacial score (nSPS) is 11.8. The Hall–Kier alpha value is -3.26. The minimum atomic E-state index is -0.421. The number of hydrogen-bond donors (Lipinski definition) is 0. The number of fused-ring (bicyclic) bond motifs is 1. The second-order valence-electron chi connectivity index (χ2n) is 5.81. The number of aromatic nitrogens is 1. The molecule has 1 atom stereocenters. The van der Waals surface area contributed by atoms with Gasteiger partial charge in [0.05, 0.1) is 5.92 Å². The second-order valence-corrected chi connectivity index (χ2v) is 5.81. The summed E-state index contributed by atoms with van der Waals surface area (Å²) in [5.41, 5.74) is 2.71. The van der Waals surface area contributed by atoms with Crippen LogP contribution in [0, 0.1) is 22.5 Å². The molecule has 1 unspecified atom stereocenters. The summed E-state index contributed by atoms with van der Waals surface area (Å²) in [7, 11) is 1.94. The van der Waals surface area contributed by atoms with Gasteiger partial charge in [0, 0.05) is 34.6 Å². The van der Waals surface area contributed by atoms with Crippen LogP contribution in [0.3, 0.4) is 0 Å². The van der Waals surface area contributed by atoms with Crippen LogP contribution in [0.1, 0.15) is 17.0 Å². The summed E-state index contributed by atoms with van der Waals surface area (Å²) < 4.78 is 7.61. The lowest BCUT2D eigenvalue weighted by molar-refractivity contribution is -0.481. The lowest BCUT2D eigenvalue weighted by Gasteiger charge is -2.17. The molecule has 0 radical (unpaired) electrons. The molecule has 0 saturated carbocycles. The minimum Gasteiger partial charge on any atom is -0.481 e. The van der Waals surface area contributed by atoms with E-state index < -0.39 is 5.92 Å². The number of aryl methyl sites for hydroxylation is 1. The van der Waals surface area contributed by atoms with Crippen molar-refractivity contribution in [3.63, 3.8) is 0 Å². The van der Waals surface area contributed by atoms with Crippen molar-refractivity contribution in [1.29, 1.82) is 0 Å². The number of ether oxygens (including phenoxy) is 1. The van der Waals surface area contributed by atoms with E-state index in [9.17, 15) is 10.1 Å². The van der Waals surface area contributed by atoms with Gasteiger partial charge in [-0.15, -0.1) is 6.42 Å². The van der Waals surface area contributed by atoms with Crippen molar-refractivity contribution in [2.24, 2.45) is 7.05 Å². The molecule has 0 saturated heterocycles. The van der Waals surface area contributed by atoms with Gasteiger partial charge in [0.25, 0.3) is 0 Å². The zero-order valence-electron chi connectivity index (χ0n) is 13.9. The molecular formula is C20H18N2O3. The number of nitro groups is 1. The summed E-state index contributed by atoms with van der Waals surface area (Å²) in [5, 5.41) is 12.4. The van der Waals surface area contributed by atoms with Crippen molar-refractivity contribution in [2.75, 3.05) is 13.2 Å². The van der Waals surface area contributed by atoms with E-state index in [4.69, 9.17) is 11.2 Å². The summed E-state index contributed by atoms with van der Waals surface area (Å²) >= 11 is 0. The van der Waals surface area contributed by atoms with Gasteiger partial charge in [0.1, 0.15) is 12.4 Å². The Kier molecular flexibility index (Phi) is 4.71. The Morgan fingerprint density at radius 2 is 1.92 bits per heavy atom. The van der Waals surface area contributed by atoms with Crippen molar-refractivity contribution < 1.29 is 9.66 Å². The van der Waals surface area contributed by atoms with Gasteiger partial charge in [-0.05, 0) is 17.7 Å². The zero-order valence-corrected chi connectivity index (χ0v) is 13.9. The van der Waals surface area contributed by atoms with Crippen molar-refractivity contribution in [3.8, 4) is 18.1 Å². The fraction of sp³-hybridized carbons (Fsp3) is 0.200. The van der Waals surface area contributed by atoms with Crippen LogP contribution in [0.4, 0.5) is 0 Å². The van der Waals surface area contributed by atoms with Crippen molar-refractivity contribution in [2.45, 2.75) is 5.92 Å². The monoisotopic (exact) mass is 334 g/mol. The lowest BCUT2D eigenvalue weighted by atomic mass is 9.90. The van der Waals surface area contributed by atoms with Crippen molar-refractivity contribution in [1.82, 2.24) is 4.57 Å². The first-order valence-electron chi connectivity index (χ1n) is 7.92. The molecule has 0 amide bonds. The standard InChI is InChI=1S/C20H18N2O3/c1-3-12-25-20-11-7-5-9-16(20)18(14-22(23)24)17-13-21(2)19-10-6-4-8-15(17)19/h1,4-11,13,18H,12,14H2,2H3. The predicted octanol–water partition coefficient (Wildman–Crippen LogP) is 3.60. The van der Waals surface area contributed by atoms with Crippen LogP contribution in [-0.4, -0.2) is 22.6 Å². The number of para-hydroxylation sites is 2. The van der Waals surface area contributed by atoms with Crippen molar-refractivity contribution in [3.05, 3.63) is 76.0 Å². The van der Waals surface area contributed by atoms with Crippen LogP contribution in [0.15, 0.2) is 54.7 Å². The number of rotatable bonds is 6. The third kappa shape index (κ3) is 3.33. The SMILES string of the molecule is C#CCOc1ccccc1C(C[N+](=O)[O-])c1cn(C)c2ccccc12. The molecule has 0 N–H and O–H groups in total. The van der Waals surface area contributed by atoms with E-state index >= 15 is 0 Å². The smallest absolute Gasteiger partial charge is 0.214 e. The van der Waals surface area contributed by atoms with E-state index in [0.717, 1.165) is 22.0 Å². The fourth-order valence-corrected chi connectivity index (χ4v) is 3.18. The van der Waals surface area contributed by atoms with Gasteiger partial charge in [-0.2, -0.15) is 0 Å². The van der Waals surface area contributed by atoms with E-state index in [0.29, 0.717) is 5.75 Å². The summed E-state index contributed by atoms with van der Waals surface area (Å²) in [5.74, 6) is 2.60. The Labute approximate surface area is 146 Å². The van der Waals surface area contributed by atoms with Gasteiger partial charge < -0.3 is 9.30 Å². The maximum Gasteiger partial charge on any atom is 0.214 e. The van der Waals surface area contributed by atoms with E-state index in [1.165, 1.54) is 0 Å². The summed E-state index contributed by atoms with van der Waals surface area (Å²) in [6.07, 6.45) is 7.24. The number of benzene rings is 2. The van der Waals surface area contributed by atoms with E-state index in [-0.39, 0.29) is 18.1 Å². The van der Waals surface area contributed by atoms with Crippen LogP contribution < -0.4 is 4.74 Å². The molecule has 0 fully saturated rings. The molecule has 126 valence electrons. The highest BCUT2D eigenvalue weighted by Crippen LogP contribution is 2.36. The fourth-order valence-electron chi connectivity index (χ4n) is 3.18. The van der Waals surface area contributed by atoms with Gasteiger partial charge in [-0.1, -0.05) is 42.3 Å². The average Bonchev–Trinajstić information content (AvgIpc) is 2.95. The highest BCUT2D eigenvalue weighted by atomic mass is 16.6. The highest BCUT2D eigenvalue weighted by Gasteiger charge is 2.26. The summed E-state index contributed by atoms with van der Waals surface area (Å²) in [6.45, 7) is -0.0951. The Bertz CT molecular complexity index is 953. The third-order valence-electron chi connectivity index (χ3n) is 4.24. The molecule has 1 heterocycles. The molecule has 5 heteroatoms. The Balaban J connectivity index is 2.16. The highest BCUT2D eigenvalue weighted by molar-refractivity contribution is 5.85. The minimum absolute atomic E-state index is 0.123. The molecule has 2 aromatic carbocycles. The zero-order chi connectivity index (χ0) is 17.8. The van der Waals surface area contributed by atoms with E-state index in [2.05, 4.69) is 5.92 Å². The Morgan fingerprint density at radius 3 is 2.68 bits per heavy atom. The van der Waals surface area contributed by atoms with Crippen molar-refractivity contribution >= 4 is 10.9 Å². The molecule has 25 heavy (non-hydrogen) atoms. The van der Waals surface area contributed by atoms with Crippen LogP contribution in [-0.2, 0) is 7.05 Å². The summed E-state index contributed by atoms with van der Waals surface area (Å²) in [6, 6.07) is 15.2. The van der Waals surface area contributed by atoms with Gasteiger partial charge in [0.2, 0.25) is 6.54 Å². The third-order valence-corrected chi connectivity index (χ3v) is 4.24. The first kappa shape index (κ1) is 16.6. The molecule has 3 rings (SSSR count). The van der Waals surface area contributed by atoms with E-state index in [1.54, 1.807) is 6.07 Å². The molecule has 3 aromatic rings. The van der Waals surface area contributed by atoms with Crippen LogP contribution in [0.25, 0.3) is 10.9 Å².